The topological polar surface area (TPSA) is 152 Å². The van der Waals surface area contributed by atoms with Crippen LogP contribution in [0.1, 0.15) is 49.9 Å². The van der Waals surface area contributed by atoms with E-state index in [2.05, 4.69) is 21.3 Å². The fourth-order valence-electron chi connectivity index (χ4n) is 3.81. The lowest BCUT2D eigenvalue weighted by Crippen LogP contribution is -2.32. The highest BCUT2D eigenvalue weighted by atomic mass is 16.5. The summed E-state index contributed by atoms with van der Waals surface area (Å²) in [6.07, 6.45) is 0.706. The van der Waals surface area contributed by atoms with Crippen molar-refractivity contribution in [3.8, 4) is 11.5 Å². The molecule has 11 nitrogen and oxygen atoms in total. The molecule has 0 aliphatic carbocycles. The van der Waals surface area contributed by atoms with Crippen molar-refractivity contribution in [2.24, 2.45) is 0 Å². The Hall–Kier alpha value is -4.41. The molecule has 2 unspecified atom stereocenters. The summed E-state index contributed by atoms with van der Waals surface area (Å²) in [5.41, 5.74) is 1.76. The number of hydrogen-bond donors (Lipinski definition) is 4. The summed E-state index contributed by atoms with van der Waals surface area (Å²) < 4.78 is 10.5. The van der Waals surface area contributed by atoms with E-state index in [-0.39, 0.29) is 30.4 Å². The fourth-order valence-corrected chi connectivity index (χ4v) is 3.81. The van der Waals surface area contributed by atoms with Gasteiger partial charge in [-0.25, -0.2) is 0 Å². The van der Waals surface area contributed by atoms with Gasteiger partial charge in [0.25, 0.3) is 0 Å². The Morgan fingerprint density at radius 3 is 1.44 bits per heavy atom. The molecule has 0 radical (unpaired) electrons. The van der Waals surface area contributed by atoms with Crippen molar-refractivity contribution in [2.75, 3.05) is 24.9 Å². The van der Waals surface area contributed by atoms with Gasteiger partial charge in [0.05, 0.1) is 26.3 Å². The molecule has 36 heavy (non-hydrogen) atoms. The second-order valence-corrected chi connectivity index (χ2v) is 7.88. The molecule has 2 atom stereocenters. The lowest BCUT2D eigenvalue weighted by atomic mass is 9.93. The summed E-state index contributed by atoms with van der Waals surface area (Å²) in [6.45, 7) is 2.64. The standard InChI is InChI=1S/C25H30N4O7/c1-15(32)28-24(20-11-18(35-3)5-7-22(20)26-13-30)9-17(34)10-25(29-16(2)33)21-12-19(36-4)6-8-23(21)27-14-31/h5-8,11-14,24-25H,9-10H2,1-4H3,(H,26,30)(H,27,31)(H,28,32)(H,29,33). The quantitative estimate of drug-likeness (QED) is 0.292. The lowest BCUT2D eigenvalue weighted by Gasteiger charge is -2.24. The van der Waals surface area contributed by atoms with Gasteiger partial charge in [0.15, 0.2) is 0 Å². The molecule has 2 aromatic rings. The second-order valence-electron chi connectivity index (χ2n) is 7.88. The Bertz CT molecular complexity index is 1030. The largest absolute Gasteiger partial charge is 0.497 e. The van der Waals surface area contributed by atoms with Crippen molar-refractivity contribution in [2.45, 2.75) is 38.8 Å². The van der Waals surface area contributed by atoms with Crippen molar-refractivity contribution >= 4 is 41.8 Å². The van der Waals surface area contributed by atoms with Crippen LogP contribution in [0.25, 0.3) is 0 Å². The number of methoxy groups -OCH3 is 2. The SMILES string of the molecule is COc1ccc(NC=O)c(C(CC(=O)CC(NC(C)=O)c2cc(OC)ccc2NC=O)NC(C)=O)c1. The third-order valence-corrected chi connectivity index (χ3v) is 5.32. The van der Waals surface area contributed by atoms with E-state index in [1.165, 1.54) is 28.1 Å². The average molecular weight is 499 g/mol. The molecule has 2 rings (SSSR count). The van der Waals surface area contributed by atoms with E-state index in [1.54, 1.807) is 36.4 Å². The van der Waals surface area contributed by atoms with E-state index in [4.69, 9.17) is 9.47 Å². The third-order valence-electron chi connectivity index (χ3n) is 5.32. The maximum absolute atomic E-state index is 13.3. The number of anilines is 2. The zero-order chi connectivity index (χ0) is 26.7. The van der Waals surface area contributed by atoms with Crippen molar-refractivity contribution in [3.63, 3.8) is 0 Å². The minimum absolute atomic E-state index is 0.142. The van der Waals surface area contributed by atoms with Crippen molar-refractivity contribution in [1.29, 1.82) is 0 Å². The molecule has 4 amide bonds. The van der Waals surface area contributed by atoms with Gasteiger partial charge in [-0.15, -0.1) is 0 Å². The molecule has 0 spiro atoms. The average Bonchev–Trinajstić information content (AvgIpc) is 2.83. The highest BCUT2D eigenvalue weighted by Gasteiger charge is 2.25. The molecule has 0 aromatic heterocycles. The molecule has 192 valence electrons. The van der Waals surface area contributed by atoms with Crippen LogP contribution in [0.2, 0.25) is 0 Å². The first kappa shape index (κ1) is 27.8. The molecule has 0 aliphatic rings. The van der Waals surface area contributed by atoms with Gasteiger partial charge in [-0.05, 0) is 36.4 Å². The zero-order valence-corrected chi connectivity index (χ0v) is 20.5. The van der Waals surface area contributed by atoms with Gasteiger partial charge in [0.2, 0.25) is 24.6 Å². The Labute approximate surface area is 208 Å². The van der Waals surface area contributed by atoms with Crippen molar-refractivity contribution in [3.05, 3.63) is 47.5 Å². The third kappa shape index (κ3) is 7.83. The highest BCUT2D eigenvalue weighted by Crippen LogP contribution is 2.33. The maximum atomic E-state index is 13.3. The van der Waals surface area contributed by atoms with E-state index in [0.717, 1.165) is 0 Å². The molecule has 11 heteroatoms. The van der Waals surface area contributed by atoms with Gasteiger partial charge < -0.3 is 30.7 Å². The van der Waals surface area contributed by atoms with Gasteiger partial charge in [0.1, 0.15) is 17.3 Å². The zero-order valence-electron chi connectivity index (χ0n) is 20.5. The molecule has 4 N–H and O–H groups in total. The van der Waals surface area contributed by atoms with Crippen LogP contribution in [0.4, 0.5) is 11.4 Å². The molecule has 0 saturated carbocycles. The minimum Gasteiger partial charge on any atom is -0.497 e. The lowest BCUT2D eigenvalue weighted by molar-refractivity contribution is -0.122. The Morgan fingerprint density at radius 1 is 0.750 bits per heavy atom. The summed E-state index contributed by atoms with van der Waals surface area (Å²) in [4.78, 5) is 59.4. The number of carbonyl (C=O) groups is 5. The van der Waals surface area contributed by atoms with Crippen LogP contribution in [0.3, 0.4) is 0 Å². The molecule has 2 aromatic carbocycles. The first-order valence-electron chi connectivity index (χ1n) is 11.0. The molecular weight excluding hydrogens is 468 g/mol. The number of hydrogen-bond acceptors (Lipinski definition) is 7. The fraction of sp³-hybridized carbons (Fsp3) is 0.320. The number of ketones is 1. The van der Waals surface area contributed by atoms with Gasteiger partial charge in [-0.2, -0.15) is 0 Å². The Kier molecular flexibility index (Phi) is 10.4. The van der Waals surface area contributed by atoms with Gasteiger partial charge in [0, 0.05) is 49.2 Å². The number of amides is 4. The predicted molar refractivity (Wildman–Crippen MR) is 133 cm³/mol. The number of nitrogens with one attached hydrogen (secondary N) is 4. The van der Waals surface area contributed by atoms with Gasteiger partial charge in [-0.3, -0.25) is 24.0 Å². The van der Waals surface area contributed by atoms with E-state index in [0.29, 0.717) is 46.8 Å². The van der Waals surface area contributed by atoms with Crippen molar-refractivity contribution in [1.82, 2.24) is 10.6 Å². The summed E-state index contributed by atoms with van der Waals surface area (Å²) in [5, 5.41) is 10.6. The number of benzene rings is 2. The highest BCUT2D eigenvalue weighted by molar-refractivity contribution is 5.85. The van der Waals surface area contributed by atoms with Crippen molar-refractivity contribution < 1.29 is 33.4 Å². The second kappa shape index (κ2) is 13.5. The van der Waals surface area contributed by atoms with Crippen LogP contribution in [-0.2, 0) is 24.0 Å². The minimum atomic E-state index is -0.789. The monoisotopic (exact) mass is 498 g/mol. The predicted octanol–water partition coefficient (Wildman–Crippen LogP) is 2.24. The van der Waals surface area contributed by atoms with E-state index in [9.17, 15) is 24.0 Å². The molecule has 0 fully saturated rings. The first-order chi connectivity index (χ1) is 17.2. The number of Topliss-reactive ketones (excluding diaryl/α,β-unsaturated/α-hetero) is 1. The Morgan fingerprint density at radius 2 is 1.14 bits per heavy atom. The van der Waals surface area contributed by atoms with E-state index in [1.807, 2.05) is 0 Å². The number of rotatable bonds is 14. The summed E-state index contributed by atoms with van der Waals surface area (Å²) in [6, 6.07) is 8.16. The smallest absolute Gasteiger partial charge is 0.217 e. The van der Waals surface area contributed by atoms with Crippen LogP contribution >= 0.6 is 0 Å². The van der Waals surface area contributed by atoms with E-state index >= 15 is 0 Å². The molecular formula is C25H30N4O7. The van der Waals surface area contributed by atoms with Gasteiger partial charge in [-0.1, -0.05) is 0 Å². The van der Waals surface area contributed by atoms with Crippen LogP contribution in [0.15, 0.2) is 36.4 Å². The van der Waals surface area contributed by atoms with Crippen LogP contribution < -0.4 is 30.7 Å². The molecule has 0 saturated heterocycles. The number of carbonyl (C=O) groups excluding carboxylic acids is 5. The van der Waals surface area contributed by atoms with Crippen LogP contribution in [0, 0.1) is 0 Å². The summed E-state index contributed by atoms with van der Waals surface area (Å²) in [5.74, 6) is -0.109. The molecule has 0 heterocycles. The Balaban J connectivity index is 2.42. The molecule has 0 bridgehead atoms. The summed E-state index contributed by atoms with van der Waals surface area (Å²) >= 11 is 0. The summed E-state index contributed by atoms with van der Waals surface area (Å²) in [7, 11) is 2.95. The first-order valence-corrected chi connectivity index (χ1v) is 11.0. The van der Waals surface area contributed by atoms with Gasteiger partial charge >= 0.3 is 0 Å². The van der Waals surface area contributed by atoms with Crippen LogP contribution in [0.5, 0.6) is 11.5 Å². The number of ether oxygens (including phenoxy) is 2. The maximum Gasteiger partial charge on any atom is 0.217 e. The normalized spacial score (nSPS) is 11.9. The molecule has 0 aliphatic heterocycles. The van der Waals surface area contributed by atoms with Crippen LogP contribution in [-0.4, -0.2) is 44.6 Å². The van der Waals surface area contributed by atoms with E-state index < -0.39 is 12.1 Å².